The summed E-state index contributed by atoms with van der Waals surface area (Å²) in [6, 6.07) is 6.04. The Morgan fingerprint density at radius 1 is 1.41 bits per heavy atom. The second kappa shape index (κ2) is 4.24. The van der Waals surface area contributed by atoms with Crippen molar-refractivity contribution in [2.75, 3.05) is 13.2 Å². The Morgan fingerprint density at radius 2 is 2.00 bits per heavy atom. The van der Waals surface area contributed by atoms with Crippen molar-refractivity contribution in [3.8, 4) is 0 Å². The highest BCUT2D eigenvalue weighted by Gasteiger charge is 2.60. The zero-order chi connectivity index (χ0) is 12.7. The van der Waals surface area contributed by atoms with Gasteiger partial charge in [-0.05, 0) is 30.7 Å². The molecule has 1 aromatic rings. The van der Waals surface area contributed by atoms with Gasteiger partial charge in [0.15, 0.2) is 9.84 Å². The quantitative estimate of drug-likeness (QED) is 0.853. The van der Waals surface area contributed by atoms with Gasteiger partial charge >= 0.3 is 0 Å². The Kier molecular flexibility index (Phi) is 3.20. The lowest BCUT2D eigenvalue weighted by atomic mass is 10.1. The van der Waals surface area contributed by atoms with Crippen molar-refractivity contribution in [2.24, 2.45) is 11.1 Å². The zero-order valence-electron chi connectivity index (χ0n) is 9.14. The first-order valence-electron chi connectivity index (χ1n) is 5.27. The number of nitrogens with two attached hydrogens (primary N) is 1. The third-order valence-corrected chi connectivity index (χ3v) is 5.95. The molecule has 1 fully saturated rings. The highest BCUT2D eigenvalue weighted by atomic mass is 35.5. The van der Waals surface area contributed by atoms with E-state index >= 15 is 0 Å². The minimum absolute atomic E-state index is 0.182. The Labute approximate surface area is 105 Å². The molecule has 3 N–H and O–H groups in total. The van der Waals surface area contributed by atoms with Gasteiger partial charge in [-0.1, -0.05) is 11.6 Å². The third kappa shape index (κ3) is 2.08. The molecule has 2 rings (SSSR count). The molecule has 0 amide bonds. The molecule has 94 valence electrons. The van der Waals surface area contributed by atoms with E-state index in [0.29, 0.717) is 11.4 Å². The molecule has 1 saturated carbocycles. The zero-order valence-corrected chi connectivity index (χ0v) is 10.7. The maximum atomic E-state index is 12.2. The van der Waals surface area contributed by atoms with Crippen molar-refractivity contribution >= 4 is 21.4 Å². The van der Waals surface area contributed by atoms with E-state index in [1.807, 2.05) is 0 Å². The number of hydrogen-bond acceptors (Lipinski definition) is 4. The number of aliphatic hydroxyl groups excluding tert-OH is 1. The number of rotatable bonds is 4. The van der Waals surface area contributed by atoms with Crippen LogP contribution in [0.15, 0.2) is 29.2 Å². The van der Waals surface area contributed by atoms with E-state index in [4.69, 9.17) is 17.3 Å². The van der Waals surface area contributed by atoms with E-state index in [1.165, 1.54) is 12.1 Å². The van der Waals surface area contributed by atoms with Crippen molar-refractivity contribution in [1.29, 1.82) is 0 Å². The summed E-state index contributed by atoms with van der Waals surface area (Å²) in [5, 5.41) is 9.13. The molecule has 0 aromatic heterocycles. The van der Waals surface area contributed by atoms with Crippen LogP contribution in [0.1, 0.15) is 6.42 Å². The Morgan fingerprint density at radius 3 is 2.41 bits per heavy atom. The van der Waals surface area contributed by atoms with Gasteiger partial charge in [-0.2, -0.15) is 0 Å². The minimum atomic E-state index is -3.41. The van der Waals surface area contributed by atoms with Crippen LogP contribution in [-0.4, -0.2) is 31.9 Å². The fraction of sp³-hybridized carbons (Fsp3) is 0.455. The lowest BCUT2D eigenvalue weighted by molar-refractivity contribution is 0.217. The van der Waals surface area contributed by atoms with Crippen molar-refractivity contribution in [3.05, 3.63) is 29.3 Å². The summed E-state index contributed by atoms with van der Waals surface area (Å²) in [4.78, 5) is 0.232. The van der Waals surface area contributed by atoms with Gasteiger partial charge in [-0.25, -0.2) is 8.42 Å². The molecule has 2 atom stereocenters. The van der Waals surface area contributed by atoms with Gasteiger partial charge in [-0.3, -0.25) is 0 Å². The summed E-state index contributed by atoms with van der Waals surface area (Å²) in [7, 11) is -3.41. The van der Waals surface area contributed by atoms with Gasteiger partial charge in [0.05, 0.1) is 16.8 Å². The van der Waals surface area contributed by atoms with Gasteiger partial charge in [-0.15, -0.1) is 0 Å². The second-order valence-electron chi connectivity index (χ2n) is 4.42. The van der Waals surface area contributed by atoms with E-state index in [9.17, 15) is 13.5 Å². The normalized spacial score (nSPS) is 28.1. The van der Waals surface area contributed by atoms with Gasteiger partial charge in [0.1, 0.15) is 0 Å². The maximum absolute atomic E-state index is 12.2. The predicted molar refractivity (Wildman–Crippen MR) is 65.6 cm³/mol. The maximum Gasteiger partial charge on any atom is 0.181 e. The lowest BCUT2D eigenvalue weighted by Crippen LogP contribution is -2.27. The average Bonchev–Trinajstić information content (AvgIpc) is 3.06. The predicted octanol–water partition coefficient (Wildman–Crippen LogP) is 0.823. The Bertz CT molecular complexity index is 508. The van der Waals surface area contributed by atoms with Crippen LogP contribution in [0, 0.1) is 5.41 Å². The standard InChI is InChI=1S/C11H14ClNO3S/c12-8-1-3-9(4-2-8)17(15,16)10-5-11(10,6-13)7-14/h1-4,10,14H,5-7,13H2/t10-,11-/m0/s1. The molecule has 0 aliphatic heterocycles. The molecule has 0 spiro atoms. The molecular formula is C11H14ClNO3S. The second-order valence-corrected chi connectivity index (χ2v) is 6.98. The summed E-state index contributed by atoms with van der Waals surface area (Å²) in [6.45, 7) is -0.0119. The van der Waals surface area contributed by atoms with Crippen molar-refractivity contribution in [3.63, 3.8) is 0 Å². The fourth-order valence-electron chi connectivity index (χ4n) is 1.98. The van der Waals surface area contributed by atoms with Crippen LogP contribution >= 0.6 is 11.6 Å². The van der Waals surface area contributed by atoms with Crippen LogP contribution in [0.3, 0.4) is 0 Å². The fourth-order valence-corrected chi connectivity index (χ4v) is 4.33. The highest BCUT2D eigenvalue weighted by molar-refractivity contribution is 7.92. The number of benzene rings is 1. The Hall–Kier alpha value is -0.620. The first-order valence-corrected chi connectivity index (χ1v) is 7.19. The first kappa shape index (κ1) is 12.8. The molecular weight excluding hydrogens is 262 g/mol. The van der Waals surface area contributed by atoms with E-state index < -0.39 is 20.5 Å². The number of sulfone groups is 1. The van der Waals surface area contributed by atoms with Crippen molar-refractivity contribution in [1.82, 2.24) is 0 Å². The smallest absolute Gasteiger partial charge is 0.181 e. The van der Waals surface area contributed by atoms with Crippen LogP contribution in [0.5, 0.6) is 0 Å². The van der Waals surface area contributed by atoms with E-state index in [1.54, 1.807) is 12.1 Å². The van der Waals surface area contributed by atoms with Crippen molar-refractivity contribution in [2.45, 2.75) is 16.6 Å². The molecule has 0 unspecified atom stereocenters. The highest BCUT2D eigenvalue weighted by Crippen LogP contribution is 2.51. The van der Waals surface area contributed by atoms with Gasteiger partial charge < -0.3 is 10.8 Å². The topological polar surface area (TPSA) is 80.4 Å². The molecule has 1 aliphatic rings. The molecule has 1 aromatic carbocycles. The van der Waals surface area contributed by atoms with E-state index in [-0.39, 0.29) is 18.0 Å². The molecule has 0 saturated heterocycles. The summed E-state index contributed by atoms with van der Waals surface area (Å²) < 4.78 is 24.5. The molecule has 17 heavy (non-hydrogen) atoms. The summed E-state index contributed by atoms with van der Waals surface area (Å²) in [6.07, 6.45) is 0.422. The van der Waals surface area contributed by atoms with Crippen LogP contribution in [0.2, 0.25) is 5.02 Å². The van der Waals surface area contributed by atoms with Crippen LogP contribution in [-0.2, 0) is 9.84 Å². The SMILES string of the molecule is NC[C@]1(CO)C[C@@H]1S(=O)(=O)c1ccc(Cl)cc1. The largest absolute Gasteiger partial charge is 0.396 e. The summed E-state index contributed by atoms with van der Waals surface area (Å²) in [5.74, 6) is 0. The van der Waals surface area contributed by atoms with Crippen molar-refractivity contribution < 1.29 is 13.5 Å². The van der Waals surface area contributed by atoms with E-state index in [2.05, 4.69) is 0 Å². The number of hydrogen-bond donors (Lipinski definition) is 2. The lowest BCUT2D eigenvalue weighted by Gasteiger charge is -2.11. The van der Waals surface area contributed by atoms with Gasteiger partial charge in [0.2, 0.25) is 0 Å². The first-order chi connectivity index (χ1) is 7.96. The van der Waals surface area contributed by atoms with Crippen LogP contribution < -0.4 is 5.73 Å². The summed E-state index contributed by atoms with van der Waals surface area (Å²) in [5.41, 5.74) is 4.87. The van der Waals surface area contributed by atoms with E-state index in [0.717, 1.165) is 0 Å². The molecule has 4 nitrogen and oxygen atoms in total. The van der Waals surface area contributed by atoms with Crippen LogP contribution in [0.25, 0.3) is 0 Å². The molecule has 0 bridgehead atoms. The average molecular weight is 276 g/mol. The molecule has 6 heteroatoms. The molecule has 1 aliphatic carbocycles. The Balaban J connectivity index is 2.30. The number of halogens is 1. The molecule has 0 heterocycles. The monoisotopic (exact) mass is 275 g/mol. The van der Waals surface area contributed by atoms with Gasteiger partial charge in [0, 0.05) is 17.0 Å². The number of aliphatic hydroxyl groups is 1. The minimum Gasteiger partial charge on any atom is -0.396 e. The summed E-state index contributed by atoms with van der Waals surface area (Å²) >= 11 is 5.71. The third-order valence-electron chi connectivity index (χ3n) is 3.35. The molecule has 0 radical (unpaired) electrons. The van der Waals surface area contributed by atoms with Gasteiger partial charge in [0.25, 0.3) is 0 Å². The van der Waals surface area contributed by atoms with Crippen LogP contribution in [0.4, 0.5) is 0 Å².